The molecule has 2 amide bonds. The SMILES string of the molecule is Cc1cc(CNC(=O)N(CC2CCC2)[C@@H]2CCCN(c3cccnn3)C2)ccc1Cl. The first-order valence-corrected chi connectivity index (χ1v) is 11.3. The van der Waals surface area contributed by atoms with Gasteiger partial charge in [0.25, 0.3) is 0 Å². The molecule has 1 saturated heterocycles. The number of carbonyl (C=O) groups excluding carboxylic acids is 1. The van der Waals surface area contributed by atoms with Crippen LogP contribution in [0.2, 0.25) is 5.02 Å². The third kappa shape index (κ3) is 5.04. The van der Waals surface area contributed by atoms with Gasteiger partial charge in [0.1, 0.15) is 0 Å². The van der Waals surface area contributed by atoms with E-state index in [-0.39, 0.29) is 12.1 Å². The van der Waals surface area contributed by atoms with E-state index in [2.05, 4.69) is 25.3 Å². The Morgan fingerprint density at radius 1 is 1.27 bits per heavy atom. The van der Waals surface area contributed by atoms with Crippen LogP contribution < -0.4 is 10.2 Å². The van der Waals surface area contributed by atoms with Crippen LogP contribution in [0, 0.1) is 12.8 Å². The predicted molar refractivity (Wildman–Crippen MR) is 120 cm³/mol. The van der Waals surface area contributed by atoms with Crippen molar-refractivity contribution >= 4 is 23.4 Å². The molecule has 0 unspecified atom stereocenters. The summed E-state index contributed by atoms with van der Waals surface area (Å²) in [6, 6.07) is 10.0. The van der Waals surface area contributed by atoms with Crippen molar-refractivity contribution in [2.75, 3.05) is 24.5 Å². The number of rotatable bonds is 6. The third-order valence-electron chi connectivity index (χ3n) is 6.33. The van der Waals surface area contributed by atoms with Crippen LogP contribution in [0.4, 0.5) is 10.6 Å². The average Bonchev–Trinajstić information content (AvgIpc) is 2.74. The summed E-state index contributed by atoms with van der Waals surface area (Å²) in [5, 5.41) is 12.2. The zero-order valence-electron chi connectivity index (χ0n) is 17.6. The van der Waals surface area contributed by atoms with Crippen molar-refractivity contribution in [3.8, 4) is 0 Å². The van der Waals surface area contributed by atoms with Gasteiger partial charge in [0.15, 0.2) is 5.82 Å². The van der Waals surface area contributed by atoms with Gasteiger partial charge < -0.3 is 15.1 Å². The molecule has 2 aliphatic rings. The molecule has 1 aromatic carbocycles. The maximum atomic E-state index is 13.2. The maximum absolute atomic E-state index is 13.2. The summed E-state index contributed by atoms with van der Waals surface area (Å²) < 4.78 is 0. The van der Waals surface area contributed by atoms with Crippen LogP contribution in [0.15, 0.2) is 36.5 Å². The Kier molecular flexibility index (Phi) is 6.72. The molecule has 1 aliphatic carbocycles. The Morgan fingerprint density at radius 2 is 2.13 bits per heavy atom. The van der Waals surface area contributed by atoms with Gasteiger partial charge in [-0.05, 0) is 67.9 Å². The van der Waals surface area contributed by atoms with Gasteiger partial charge in [-0.15, -0.1) is 5.10 Å². The van der Waals surface area contributed by atoms with Crippen LogP contribution in [-0.4, -0.2) is 46.8 Å². The fraction of sp³-hybridized carbons (Fsp3) is 0.522. The van der Waals surface area contributed by atoms with Crippen molar-refractivity contribution in [1.82, 2.24) is 20.4 Å². The molecule has 0 radical (unpaired) electrons. The summed E-state index contributed by atoms with van der Waals surface area (Å²) in [6.07, 6.45) is 7.49. The van der Waals surface area contributed by atoms with Crippen LogP contribution in [0.25, 0.3) is 0 Å². The number of nitrogens with one attached hydrogen (secondary N) is 1. The molecular weight excluding hydrogens is 398 g/mol. The van der Waals surface area contributed by atoms with Crippen LogP contribution in [0.5, 0.6) is 0 Å². The highest BCUT2D eigenvalue weighted by atomic mass is 35.5. The number of hydrogen-bond acceptors (Lipinski definition) is 4. The molecule has 4 rings (SSSR count). The van der Waals surface area contributed by atoms with Crippen molar-refractivity contribution < 1.29 is 4.79 Å². The molecule has 30 heavy (non-hydrogen) atoms. The second-order valence-electron chi connectivity index (χ2n) is 8.52. The van der Waals surface area contributed by atoms with Gasteiger partial charge in [0.05, 0.1) is 6.04 Å². The van der Waals surface area contributed by atoms with Crippen molar-refractivity contribution in [3.05, 3.63) is 52.7 Å². The van der Waals surface area contributed by atoms with Crippen molar-refractivity contribution in [2.45, 2.75) is 51.6 Å². The van der Waals surface area contributed by atoms with Crippen molar-refractivity contribution in [3.63, 3.8) is 0 Å². The molecule has 6 nitrogen and oxygen atoms in total. The topological polar surface area (TPSA) is 61.4 Å². The number of aryl methyl sites for hydroxylation is 1. The summed E-state index contributed by atoms with van der Waals surface area (Å²) >= 11 is 6.13. The summed E-state index contributed by atoms with van der Waals surface area (Å²) in [6.45, 7) is 5.10. The molecule has 2 heterocycles. The van der Waals surface area contributed by atoms with Gasteiger partial charge in [0.2, 0.25) is 0 Å². The van der Waals surface area contributed by atoms with E-state index in [4.69, 9.17) is 11.6 Å². The lowest BCUT2D eigenvalue weighted by Crippen LogP contribution is -2.55. The highest BCUT2D eigenvalue weighted by Gasteiger charge is 2.32. The Hall–Kier alpha value is -2.34. The Labute approximate surface area is 183 Å². The lowest BCUT2D eigenvalue weighted by atomic mass is 9.84. The van der Waals surface area contributed by atoms with E-state index in [0.717, 1.165) is 54.4 Å². The van der Waals surface area contributed by atoms with E-state index >= 15 is 0 Å². The highest BCUT2D eigenvalue weighted by Crippen LogP contribution is 2.29. The van der Waals surface area contributed by atoms with Crippen LogP contribution in [0.1, 0.15) is 43.2 Å². The van der Waals surface area contributed by atoms with Crippen LogP contribution in [0.3, 0.4) is 0 Å². The predicted octanol–water partition coefficient (Wildman–Crippen LogP) is 4.42. The number of carbonyl (C=O) groups is 1. The first-order chi connectivity index (χ1) is 14.6. The molecular formula is C23H30ClN5O. The zero-order valence-corrected chi connectivity index (χ0v) is 18.3. The second kappa shape index (κ2) is 9.65. The number of nitrogens with zero attached hydrogens (tertiary/aromatic N) is 4. The normalized spacial score (nSPS) is 19.3. The molecule has 0 bridgehead atoms. The lowest BCUT2D eigenvalue weighted by molar-refractivity contribution is 0.132. The minimum atomic E-state index is 0.0282. The van der Waals surface area contributed by atoms with Gasteiger partial charge in [-0.25, -0.2) is 4.79 Å². The number of amides is 2. The summed E-state index contributed by atoms with van der Waals surface area (Å²) in [5.74, 6) is 1.52. The van der Waals surface area contributed by atoms with E-state index < -0.39 is 0 Å². The van der Waals surface area contributed by atoms with E-state index in [1.54, 1.807) is 6.20 Å². The third-order valence-corrected chi connectivity index (χ3v) is 6.75. The highest BCUT2D eigenvalue weighted by molar-refractivity contribution is 6.31. The number of anilines is 1. The zero-order chi connectivity index (χ0) is 20.9. The molecule has 1 atom stereocenters. The molecule has 2 aromatic rings. The quantitative estimate of drug-likeness (QED) is 0.741. The molecule has 2 fully saturated rings. The molecule has 160 valence electrons. The van der Waals surface area contributed by atoms with Gasteiger partial charge in [-0.2, -0.15) is 5.10 Å². The molecule has 0 spiro atoms. The van der Waals surface area contributed by atoms with Gasteiger partial charge in [0, 0.05) is 37.4 Å². The molecule has 7 heteroatoms. The lowest BCUT2D eigenvalue weighted by Gasteiger charge is -2.42. The maximum Gasteiger partial charge on any atom is 0.317 e. The number of hydrogen-bond donors (Lipinski definition) is 1. The number of benzene rings is 1. The Morgan fingerprint density at radius 3 is 2.83 bits per heavy atom. The minimum Gasteiger partial charge on any atom is -0.353 e. The first-order valence-electron chi connectivity index (χ1n) is 10.9. The Bertz CT molecular complexity index is 858. The van der Waals surface area contributed by atoms with Gasteiger partial charge in [-0.1, -0.05) is 30.2 Å². The first kappa shape index (κ1) is 20.9. The smallest absolute Gasteiger partial charge is 0.317 e. The molecule has 1 aliphatic heterocycles. The number of urea groups is 1. The van der Waals surface area contributed by atoms with E-state index in [9.17, 15) is 4.79 Å². The number of aromatic nitrogens is 2. The molecule has 1 N–H and O–H groups in total. The van der Waals surface area contributed by atoms with E-state index in [1.807, 2.05) is 37.3 Å². The monoisotopic (exact) mass is 427 g/mol. The fourth-order valence-electron chi connectivity index (χ4n) is 4.33. The fourth-order valence-corrected chi connectivity index (χ4v) is 4.44. The van der Waals surface area contributed by atoms with Crippen molar-refractivity contribution in [1.29, 1.82) is 0 Å². The average molecular weight is 428 g/mol. The summed E-state index contributed by atoms with van der Waals surface area (Å²) in [5.41, 5.74) is 2.10. The minimum absolute atomic E-state index is 0.0282. The van der Waals surface area contributed by atoms with Crippen LogP contribution >= 0.6 is 11.6 Å². The standard InChI is InChI=1S/C23H30ClN5O/c1-17-13-19(9-10-21(17)24)14-25-23(30)29(15-18-5-2-6-18)20-7-4-12-28(16-20)22-8-3-11-26-27-22/h3,8-11,13,18,20H,2,4-7,12,14-16H2,1H3,(H,25,30)/t20-/m1/s1. The summed E-state index contributed by atoms with van der Waals surface area (Å²) in [4.78, 5) is 17.6. The summed E-state index contributed by atoms with van der Waals surface area (Å²) in [7, 11) is 0. The van der Waals surface area contributed by atoms with Gasteiger partial charge >= 0.3 is 6.03 Å². The Balaban J connectivity index is 1.43. The molecule has 1 aromatic heterocycles. The van der Waals surface area contributed by atoms with E-state index in [0.29, 0.717) is 12.5 Å². The number of halogens is 1. The van der Waals surface area contributed by atoms with Crippen molar-refractivity contribution in [2.24, 2.45) is 5.92 Å². The largest absolute Gasteiger partial charge is 0.353 e. The molecule has 1 saturated carbocycles. The van der Waals surface area contributed by atoms with Gasteiger partial charge in [-0.3, -0.25) is 0 Å². The second-order valence-corrected chi connectivity index (χ2v) is 8.92. The van der Waals surface area contributed by atoms with Crippen LogP contribution in [-0.2, 0) is 6.54 Å². The van der Waals surface area contributed by atoms with E-state index in [1.165, 1.54) is 19.3 Å². The number of piperidine rings is 1.